The second-order valence-corrected chi connectivity index (χ2v) is 8.87. The van der Waals surface area contributed by atoms with Gasteiger partial charge in [0.15, 0.2) is 6.04 Å². The van der Waals surface area contributed by atoms with E-state index in [1.807, 2.05) is 67.7 Å². The fourth-order valence-corrected chi connectivity index (χ4v) is 4.12. The summed E-state index contributed by atoms with van der Waals surface area (Å²) in [5, 5.41) is 2.95. The van der Waals surface area contributed by atoms with Gasteiger partial charge in [0, 0.05) is 16.7 Å². The second-order valence-electron chi connectivity index (χ2n) is 8.87. The summed E-state index contributed by atoms with van der Waals surface area (Å²) in [5.41, 5.74) is 7.51. The highest BCUT2D eigenvalue weighted by atomic mass is 16.5. The van der Waals surface area contributed by atoms with Crippen LogP contribution in [0.25, 0.3) is 0 Å². The second kappa shape index (κ2) is 9.91. The third-order valence-corrected chi connectivity index (χ3v) is 6.05. The highest BCUT2D eigenvalue weighted by Crippen LogP contribution is 2.27. The van der Waals surface area contributed by atoms with Crippen LogP contribution in [0.5, 0.6) is 5.75 Å². The summed E-state index contributed by atoms with van der Waals surface area (Å²) in [7, 11) is 1.61. The smallest absolute Gasteiger partial charge is 0.304 e. The number of hydrogen-bond donors (Lipinski definition) is 2. The van der Waals surface area contributed by atoms with Crippen LogP contribution >= 0.6 is 0 Å². The topological polar surface area (TPSA) is 70.4 Å². The van der Waals surface area contributed by atoms with Crippen LogP contribution < -0.4 is 15.5 Å². The van der Waals surface area contributed by atoms with Crippen molar-refractivity contribution in [2.75, 3.05) is 7.11 Å². The molecule has 2 atom stereocenters. The van der Waals surface area contributed by atoms with Gasteiger partial charge >= 0.3 is 5.91 Å². The van der Waals surface area contributed by atoms with Crippen LogP contribution in [-0.2, 0) is 4.79 Å². The minimum atomic E-state index is -0.771. The van der Waals surface area contributed by atoms with Crippen molar-refractivity contribution in [1.82, 2.24) is 10.7 Å². The summed E-state index contributed by atoms with van der Waals surface area (Å²) in [6.07, 6.45) is 1.90. The number of nitrogens with one attached hydrogen (secondary N) is 2. The van der Waals surface area contributed by atoms with Gasteiger partial charge in [0.25, 0.3) is 5.91 Å². The van der Waals surface area contributed by atoms with E-state index in [0.717, 1.165) is 22.4 Å². The van der Waals surface area contributed by atoms with Crippen LogP contribution in [0.1, 0.15) is 58.4 Å². The first-order valence-corrected chi connectivity index (χ1v) is 11.4. The number of ether oxygens (including phenoxy) is 1. The number of carbonyl (C=O) groups excluding carboxylic acids is 2. The van der Waals surface area contributed by atoms with Crippen LogP contribution in [0, 0.1) is 6.92 Å². The van der Waals surface area contributed by atoms with E-state index in [1.165, 1.54) is 5.56 Å². The number of carbonyl (C=O) groups is 2. The zero-order valence-corrected chi connectivity index (χ0v) is 19.9. The van der Waals surface area contributed by atoms with E-state index >= 15 is 0 Å². The number of aryl methyl sites for hydroxylation is 1. The zero-order chi connectivity index (χ0) is 24.2. The van der Waals surface area contributed by atoms with Crippen molar-refractivity contribution in [3.05, 3.63) is 101 Å². The van der Waals surface area contributed by atoms with Crippen molar-refractivity contribution in [3.8, 4) is 5.75 Å². The lowest BCUT2D eigenvalue weighted by Crippen LogP contribution is -2.42. The normalized spacial score (nSPS) is 18.7. The van der Waals surface area contributed by atoms with Gasteiger partial charge in [-0.05, 0) is 66.9 Å². The largest absolute Gasteiger partial charge is 0.497 e. The average Bonchev–Trinajstić information content (AvgIpc) is 3.13. The molecular weight excluding hydrogens is 426 g/mol. The molecular formula is C28H30N3O3+. The standard InChI is InChI=1S/C28H29N3O3/c1-18(2)21-10-8-20(9-11-21)17-31-26(22-12-14-24(34-4)15-13-22)25(28(33)30-31)29-27(32)23-7-5-6-19(3)16-23/h5-18,25-26H,1-4H3,(H-,29,30,32,33)/p+1/b31-17-/t25-,26+/m0/s1. The summed E-state index contributed by atoms with van der Waals surface area (Å²) in [6.45, 7) is 6.24. The molecule has 0 spiro atoms. The van der Waals surface area contributed by atoms with E-state index in [0.29, 0.717) is 11.5 Å². The lowest BCUT2D eigenvalue weighted by atomic mass is 9.99. The van der Waals surface area contributed by atoms with Gasteiger partial charge in [0.2, 0.25) is 12.3 Å². The molecule has 1 aliphatic rings. The Morgan fingerprint density at radius 1 is 1.06 bits per heavy atom. The zero-order valence-electron chi connectivity index (χ0n) is 19.9. The fourth-order valence-electron chi connectivity index (χ4n) is 4.12. The molecule has 0 bridgehead atoms. The molecule has 34 heavy (non-hydrogen) atoms. The third kappa shape index (κ3) is 5.01. The van der Waals surface area contributed by atoms with Crippen molar-refractivity contribution in [2.24, 2.45) is 0 Å². The van der Waals surface area contributed by atoms with Gasteiger partial charge in [-0.25, -0.2) is 0 Å². The summed E-state index contributed by atoms with van der Waals surface area (Å²) in [5.74, 6) is 0.609. The van der Waals surface area contributed by atoms with Crippen LogP contribution in [0.2, 0.25) is 0 Å². The predicted octanol–water partition coefficient (Wildman–Crippen LogP) is 4.14. The van der Waals surface area contributed by atoms with Crippen molar-refractivity contribution >= 4 is 18.0 Å². The van der Waals surface area contributed by atoms with Crippen molar-refractivity contribution in [3.63, 3.8) is 0 Å². The highest BCUT2D eigenvalue weighted by molar-refractivity contribution is 5.98. The van der Waals surface area contributed by atoms with Gasteiger partial charge in [-0.3, -0.25) is 9.59 Å². The SMILES string of the molecule is COc1ccc([C@@H]2[C@H](NC(=O)c3cccc(C)c3)C(=O)N/[N+]2=C\c2ccc(C(C)C)cc2)cc1. The number of rotatable bonds is 6. The van der Waals surface area contributed by atoms with Crippen LogP contribution in [0.4, 0.5) is 0 Å². The Bertz CT molecular complexity index is 1210. The fraction of sp³-hybridized carbons (Fsp3) is 0.250. The molecule has 0 saturated carbocycles. The summed E-state index contributed by atoms with van der Waals surface area (Å²) in [6, 6.07) is 21.9. The molecule has 0 aliphatic carbocycles. The maximum atomic E-state index is 13.0. The van der Waals surface area contributed by atoms with E-state index in [1.54, 1.807) is 17.9 Å². The summed E-state index contributed by atoms with van der Waals surface area (Å²) < 4.78 is 7.07. The number of hydrazine groups is 1. The Kier molecular flexibility index (Phi) is 6.77. The van der Waals surface area contributed by atoms with Gasteiger partial charge in [-0.2, -0.15) is 0 Å². The number of amides is 2. The van der Waals surface area contributed by atoms with E-state index in [9.17, 15) is 9.59 Å². The first-order chi connectivity index (χ1) is 16.4. The number of hydrogen-bond acceptors (Lipinski definition) is 3. The third-order valence-electron chi connectivity index (χ3n) is 6.05. The maximum Gasteiger partial charge on any atom is 0.304 e. The van der Waals surface area contributed by atoms with Crippen LogP contribution in [0.15, 0.2) is 72.8 Å². The van der Waals surface area contributed by atoms with Gasteiger partial charge < -0.3 is 10.1 Å². The first kappa shape index (κ1) is 23.2. The first-order valence-electron chi connectivity index (χ1n) is 11.4. The maximum absolute atomic E-state index is 13.0. The van der Waals surface area contributed by atoms with E-state index in [4.69, 9.17) is 4.74 Å². The Hall–Kier alpha value is -3.93. The Balaban J connectivity index is 1.69. The Morgan fingerprint density at radius 3 is 2.38 bits per heavy atom. The molecule has 3 aromatic carbocycles. The molecule has 6 nitrogen and oxygen atoms in total. The van der Waals surface area contributed by atoms with Gasteiger partial charge in [0.05, 0.1) is 7.11 Å². The molecule has 174 valence electrons. The molecule has 1 aliphatic heterocycles. The molecule has 1 heterocycles. The average molecular weight is 457 g/mol. The lowest BCUT2D eigenvalue weighted by Gasteiger charge is -2.15. The molecule has 1 saturated heterocycles. The molecule has 0 aromatic heterocycles. The Morgan fingerprint density at radius 2 is 1.76 bits per heavy atom. The van der Waals surface area contributed by atoms with Crippen molar-refractivity contribution in [1.29, 1.82) is 0 Å². The summed E-state index contributed by atoms with van der Waals surface area (Å²) >= 11 is 0. The minimum absolute atomic E-state index is 0.267. The van der Waals surface area contributed by atoms with Crippen molar-refractivity contribution < 1.29 is 19.0 Å². The number of benzene rings is 3. The van der Waals surface area contributed by atoms with Crippen LogP contribution in [-0.4, -0.2) is 35.9 Å². The highest BCUT2D eigenvalue weighted by Gasteiger charge is 2.47. The molecule has 2 amide bonds. The molecule has 4 rings (SSSR count). The number of nitrogens with zero attached hydrogens (tertiary/aromatic N) is 1. The lowest BCUT2D eigenvalue weighted by molar-refractivity contribution is -0.596. The quantitative estimate of drug-likeness (QED) is 0.548. The van der Waals surface area contributed by atoms with Gasteiger partial charge in [-0.15, -0.1) is 10.1 Å². The van der Waals surface area contributed by atoms with Gasteiger partial charge in [0.1, 0.15) is 5.75 Å². The monoisotopic (exact) mass is 456 g/mol. The molecule has 2 N–H and O–H groups in total. The number of methoxy groups -OCH3 is 1. The molecule has 0 radical (unpaired) electrons. The summed E-state index contributed by atoms with van der Waals surface area (Å²) in [4.78, 5) is 26.0. The Labute approximate surface area is 200 Å². The molecule has 1 fully saturated rings. The van der Waals surface area contributed by atoms with E-state index in [2.05, 4.69) is 36.7 Å². The molecule has 6 heteroatoms. The van der Waals surface area contributed by atoms with Gasteiger partial charge in [-0.1, -0.05) is 43.7 Å². The minimum Gasteiger partial charge on any atom is -0.497 e. The number of hydrazone groups is 1. The predicted molar refractivity (Wildman–Crippen MR) is 132 cm³/mol. The van der Waals surface area contributed by atoms with Crippen molar-refractivity contribution in [2.45, 2.75) is 38.8 Å². The molecule has 3 aromatic rings. The van der Waals surface area contributed by atoms with E-state index in [-0.39, 0.29) is 11.8 Å². The van der Waals surface area contributed by atoms with E-state index < -0.39 is 12.1 Å². The van der Waals surface area contributed by atoms with Crippen LogP contribution in [0.3, 0.4) is 0 Å². The molecule has 0 unspecified atom stereocenters.